The summed E-state index contributed by atoms with van der Waals surface area (Å²) >= 11 is 0. The van der Waals surface area contributed by atoms with Crippen molar-refractivity contribution in [3.63, 3.8) is 0 Å². The molecule has 0 heterocycles. The van der Waals surface area contributed by atoms with Gasteiger partial charge in [0.15, 0.2) is 0 Å². The van der Waals surface area contributed by atoms with E-state index in [0.29, 0.717) is 13.8 Å². The third-order valence-electron chi connectivity index (χ3n) is 7.00. The fourth-order valence-corrected chi connectivity index (χ4v) is 3.74. The molecule has 2 N–H and O–H groups in total. The molecule has 0 spiro atoms. The van der Waals surface area contributed by atoms with Crippen LogP contribution in [0.1, 0.15) is 47.5 Å². The molecular weight excluding hydrogens is 688 g/mol. The molecule has 4 unspecified atom stereocenters. The molecule has 0 aromatic heterocycles. The first kappa shape index (κ1) is 44.4. The van der Waals surface area contributed by atoms with E-state index in [1.54, 1.807) is 0 Å². The Morgan fingerprint density at radius 2 is 1.15 bits per heavy atom. The predicted octanol–water partition coefficient (Wildman–Crippen LogP) is 4.95. The maximum absolute atomic E-state index is 15.8. The van der Waals surface area contributed by atoms with Crippen LogP contribution >= 0.6 is 0 Å². The monoisotopic (exact) mass is 723 g/mol. The van der Waals surface area contributed by atoms with Crippen molar-refractivity contribution in [3.05, 3.63) is 25.3 Å². The Hall–Kier alpha value is -3.62. The first-order valence-corrected chi connectivity index (χ1v) is 13.5. The molecule has 0 aliphatic rings. The Labute approximate surface area is 267 Å². The molecule has 0 aromatic carbocycles. The number of rotatable bonds is 18. The lowest BCUT2D eigenvalue weighted by Crippen LogP contribution is -2.73. The molecule has 11 nitrogen and oxygen atoms in total. The zero-order valence-electron chi connectivity index (χ0n) is 26.2. The topological polar surface area (TPSA) is 147 Å². The summed E-state index contributed by atoms with van der Waals surface area (Å²) in [6, 6.07) is 0. The maximum Gasteiger partial charge on any atom is 0.436 e. The third kappa shape index (κ3) is 9.50. The summed E-state index contributed by atoms with van der Waals surface area (Å²) in [5.41, 5.74) is -22.0. The third-order valence-corrected chi connectivity index (χ3v) is 7.00. The quantitative estimate of drug-likeness (QED) is 0.0655. The molecule has 0 rings (SSSR count). The standard InChI is InChI=1S/C27H35F10NO10/c1-8-16(39)46-14-20(5,15-47-17(40)9-2)38-19(42)45-13-12-44-18(41)23(28,25(30,31)32)22(7,11-4)48-27(36,37)24(29,26(33,34)35)21(6,43)10-3/h8-9,43H,1-2,10-15H2,3-7H3,(H,38,42). The van der Waals surface area contributed by atoms with Gasteiger partial charge in [-0.05, 0) is 33.6 Å². The molecule has 0 saturated carbocycles. The number of halogens is 10. The Kier molecular flexibility index (Phi) is 14.5. The highest BCUT2D eigenvalue weighted by Crippen LogP contribution is 2.57. The molecular formula is C27H35F10NO10. The van der Waals surface area contributed by atoms with Crippen LogP contribution in [0.25, 0.3) is 0 Å². The van der Waals surface area contributed by atoms with Crippen molar-refractivity contribution in [3.8, 4) is 0 Å². The van der Waals surface area contributed by atoms with Gasteiger partial charge in [0.25, 0.3) is 0 Å². The zero-order valence-corrected chi connectivity index (χ0v) is 26.2. The van der Waals surface area contributed by atoms with Crippen molar-refractivity contribution < 1.29 is 91.9 Å². The minimum Gasteiger partial charge on any atom is -0.460 e. The number of aliphatic hydroxyl groups is 1. The number of amides is 1. The maximum atomic E-state index is 15.8. The Morgan fingerprint density at radius 1 is 0.708 bits per heavy atom. The molecule has 278 valence electrons. The van der Waals surface area contributed by atoms with E-state index in [4.69, 9.17) is 9.47 Å². The van der Waals surface area contributed by atoms with Crippen molar-refractivity contribution >= 4 is 24.0 Å². The van der Waals surface area contributed by atoms with Crippen LogP contribution in [0.5, 0.6) is 0 Å². The van der Waals surface area contributed by atoms with Crippen LogP contribution in [0, 0.1) is 0 Å². The summed E-state index contributed by atoms with van der Waals surface area (Å²) in [5.74, 6) is -5.02. The van der Waals surface area contributed by atoms with Gasteiger partial charge in [0, 0.05) is 12.2 Å². The van der Waals surface area contributed by atoms with Crippen LogP contribution < -0.4 is 5.32 Å². The number of nitrogens with one attached hydrogen (secondary N) is 1. The van der Waals surface area contributed by atoms with E-state index in [1.165, 1.54) is 0 Å². The summed E-state index contributed by atoms with van der Waals surface area (Å²) in [7, 11) is 0. The van der Waals surface area contributed by atoms with Crippen molar-refractivity contribution in [1.82, 2.24) is 5.32 Å². The molecule has 0 aliphatic carbocycles. The minimum absolute atomic E-state index is 0.0534. The van der Waals surface area contributed by atoms with Crippen LogP contribution in [0.2, 0.25) is 0 Å². The number of alkyl carbamates (subject to hydrolysis) is 1. The van der Waals surface area contributed by atoms with Gasteiger partial charge in [0.1, 0.15) is 43.2 Å². The number of esters is 3. The van der Waals surface area contributed by atoms with Gasteiger partial charge >= 0.3 is 53.8 Å². The van der Waals surface area contributed by atoms with Gasteiger partial charge in [-0.2, -0.15) is 35.1 Å². The lowest BCUT2D eigenvalue weighted by atomic mass is 9.79. The number of hydrogen-bond donors (Lipinski definition) is 2. The molecule has 0 aliphatic heterocycles. The second-order valence-electron chi connectivity index (χ2n) is 10.7. The number of carbonyl (C=O) groups excluding carboxylic acids is 4. The Bertz CT molecular complexity index is 1170. The van der Waals surface area contributed by atoms with Crippen molar-refractivity contribution in [2.24, 2.45) is 0 Å². The highest BCUT2D eigenvalue weighted by molar-refractivity contribution is 5.83. The van der Waals surface area contributed by atoms with Crippen LogP contribution in [-0.4, -0.2) is 102 Å². The second-order valence-corrected chi connectivity index (χ2v) is 10.7. The Balaban J connectivity index is 6.11. The molecule has 1 amide bonds. The smallest absolute Gasteiger partial charge is 0.436 e. The normalized spacial score (nSPS) is 17.7. The molecule has 0 bridgehead atoms. The van der Waals surface area contributed by atoms with Crippen molar-refractivity contribution in [2.75, 3.05) is 26.4 Å². The van der Waals surface area contributed by atoms with Crippen molar-refractivity contribution in [2.45, 2.75) is 94.0 Å². The first-order chi connectivity index (χ1) is 21.5. The average Bonchev–Trinajstić information content (AvgIpc) is 2.97. The van der Waals surface area contributed by atoms with Gasteiger partial charge in [0.05, 0.1) is 0 Å². The van der Waals surface area contributed by atoms with E-state index in [2.05, 4.69) is 32.7 Å². The highest BCUT2D eigenvalue weighted by Gasteiger charge is 2.83. The minimum atomic E-state index is -6.71. The summed E-state index contributed by atoms with van der Waals surface area (Å²) in [5, 5.41) is 12.0. The SMILES string of the molecule is C=CC(=O)OCC(C)(COC(=O)C=C)NC(=O)OCCOC(=O)C(F)(C(F)(F)F)C(C)(CC)OC(F)(F)C(F)(C(F)(F)F)C(C)(O)CC. The molecule has 0 fully saturated rings. The first-order valence-electron chi connectivity index (χ1n) is 13.5. The van der Waals surface area contributed by atoms with Gasteiger partial charge in [0.2, 0.25) is 0 Å². The zero-order chi connectivity index (χ0) is 38.2. The average molecular weight is 724 g/mol. The van der Waals surface area contributed by atoms with E-state index in [0.717, 1.165) is 19.1 Å². The summed E-state index contributed by atoms with van der Waals surface area (Å²) in [6.45, 7) is 4.33. The van der Waals surface area contributed by atoms with E-state index in [9.17, 15) is 59.4 Å². The van der Waals surface area contributed by atoms with Crippen LogP contribution in [0.4, 0.5) is 48.7 Å². The fraction of sp³-hybridized carbons (Fsp3) is 0.704. The Morgan fingerprint density at radius 3 is 1.50 bits per heavy atom. The fourth-order valence-electron chi connectivity index (χ4n) is 3.74. The number of ether oxygens (including phenoxy) is 5. The van der Waals surface area contributed by atoms with Gasteiger partial charge in [-0.3, -0.25) is 0 Å². The van der Waals surface area contributed by atoms with Gasteiger partial charge in [-0.25, -0.2) is 28.0 Å². The number of alkyl halides is 10. The van der Waals surface area contributed by atoms with E-state index >= 15 is 8.78 Å². The van der Waals surface area contributed by atoms with Gasteiger partial charge in [-0.15, -0.1) is 0 Å². The van der Waals surface area contributed by atoms with Gasteiger partial charge in [-0.1, -0.05) is 27.0 Å². The van der Waals surface area contributed by atoms with E-state index in [1.807, 2.05) is 0 Å². The number of carbonyl (C=O) groups is 4. The predicted molar refractivity (Wildman–Crippen MR) is 142 cm³/mol. The summed E-state index contributed by atoms with van der Waals surface area (Å²) in [4.78, 5) is 47.5. The molecule has 0 radical (unpaired) electrons. The molecule has 21 heteroatoms. The van der Waals surface area contributed by atoms with Crippen LogP contribution in [0.15, 0.2) is 25.3 Å². The number of hydrogen-bond acceptors (Lipinski definition) is 10. The van der Waals surface area contributed by atoms with Crippen molar-refractivity contribution in [1.29, 1.82) is 0 Å². The van der Waals surface area contributed by atoms with Crippen LogP contribution in [-0.2, 0) is 38.1 Å². The van der Waals surface area contributed by atoms with Gasteiger partial charge < -0.3 is 34.1 Å². The largest absolute Gasteiger partial charge is 0.460 e. The lowest BCUT2D eigenvalue weighted by molar-refractivity contribution is -0.448. The second kappa shape index (κ2) is 15.7. The molecule has 0 aromatic rings. The van der Waals surface area contributed by atoms with E-state index in [-0.39, 0.29) is 13.8 Å². The summed E-state index contributed by atoms with van der Waals surface area (Å²) in [6.07, 6.45) is -22.8. The lowest BCUT2D eigenvalue weighted by Gasteiger charge is -2.48. The molecule has 0 saturated heterocycles. The molecule has 48 heavy (non-hydrogen) atoms. The van der Waals surface area contributed by atoms with Crippen LogP contribution in [0.3, 0.4) is 0 Å². The molecule has 4 atom stereocenters. The van der Waals surface area contributed by atoms with E-state index < -0.39 is 110 Å². The summed E-state index contributed by atoms with van der Waals surface area (Å²) < 4.78 is 166. The highest BCUT2D eigenvalue weighted by atomic mass is 19.4.